The summed E-state index contributed by atoms with van der Waals surface area (Å²) >= 11 is 0. The molecule has 2 fully saturated rings. The van der Waals surface area contributed by atoms with Crippen LogP contribution in [0.4, 0.5) is 11.5 Å². The van der Waals surface area contributed by atoms with Gasteiger partial charge in [-0.2, -0.15) is 0 Å². The molecule has 2 aliphatic heterocycles. The highest BCUT2D eigenvalue weighted by atomic mass is 16.5. The number of hydrogen-bond acceptors (Lipinski definition) is 7. The molecule has 0 aliphatic carbocycles. The molecule has 160 valence electrons. The van der Waals surface area contributed by atoms with Crippen molar-refractivity contribution in [2.45, 2.75) is 6.42 Å². The maximum atomic E-state index is 12.6. The molecule has 31 heavy (non-hydrogen) atoms. The van der Waals surface area contributed by atoms with Crippen LogP contribution >= 0.6 is 0 Å². The Balaban J connectivity index is 1.29. The first kappa shape index (κ1) is 19.7. The first-order valence-corrected chi connectivity index (χ1v) is 10.7. The Hall–Kier alpha value is -3.26. The molecule has 8 heteroatoms. The number of benzene rings is 1. The molecule has 3 aromatic rings. The number of aromatic nitrogens is 3. The molecule has 5 rings (SSSR count). The topological polar surface area (TPSA) is 83.5 Å². The van der Waals surface area contributed by atoms with Crippen LogP contribution in [0.5, 0.6) is 0 Å². The van der Waals surface area contributed by atoms with Gasteiger partial charge in [0.25, 0.3) is 0 Å². The summed E-state index contributed by atoms with van der Waals surface area (Å²) in [6.07, 6.45) is 4.22. The van der Waals surface area contributed by atoms with Gasteiger partial charge in [-0.15, -0.1) is 0 Å². The molecule has 0 radical (unpaired) electrons. The summed E-state index contributed by atoms with van der Waals surface area (Å²) < 4.78 is 5.37. The summed E-state index contributed by atoms with van der Waals surface area (Å²) in [7, 11) is 1.84. The zero-order chi connectivity index (χ0) is 21.2. The molecule has 2 saturated heterocycles. The molecular formula is C23H26N6O2. The van der Waals surface area contributed by atoms with E-state index in [1.165, 1.54) is 0 Å². The van der Waals surface area contributed by atoms with E-state index in [-0.39, 0.29) is 11.8 Å². The van der Waals surface area contributed by atoms with Gasteiger partial charge in [-0.1, -0.05) is 12.1 Å². The van der Waals surface area contributed by atoms with E-state index in [1.54, 1.807) is 12.4 Å². The van der Waals surface area contributed by atoms with Crippen LogP contribution in [0.1, 0.15) is 6.42 Å². The van der Waals surface area contributed by atoms with Crippen molar-refractivity contribution >= 4 is 28.4 Å². The van der Waals surface area contributed by atoms with Crippen molar-refractivity contribution in [2.75, 3.05) is 56.7 Å². The van der Waals surface area contributed by atoms with Crippen molar-refractivity contribution in [3.05, 3.63) is 42.7 Å². The van der Waals surface area contributed by atoms with E-state index in [2.05, 4.69) is 44.5 Å². The van der Waals surface area contributed by atoms with Crippen molar-refractivity contribution in [3.63, 3.8) is 0 Å². The summed E-state index contributed by atoms with van der Waals surface area (Å²) in [6, 6.07) is 10.4. The van der Waals surface area contributed by atoms with Crippen molar-refractivity contribution in [3.8, 4) is 11.3 Å². The molecule has 0 spiro atoms. The fourth-order valence-corrected chi connectivity index (χ4v) is 4.31. The number of fused-ring (bicyclic) bond motifs is 1. The van der Waals surface area contributed by atoms with Gasteiger partial charge in [0.1, 0.15) is 5.52 Å². The van der Waals surface area contributed by atoms with Crippen LogP contribution in [0.15, 0.2) is 42.7 Å². The minimum Gasteiger partial charge on any atom is -0.381 e. The highest BCUT2D eigenvalue weighted by molar-refractivity contribution is 5.88. The van der Waals surface area contributed by atoms with E-state index in [4.69, 9.17) is 9.72 Å². The molecule has 1 aromatic carbocycles. The minimum absolute atomic E-state index is 0.0486. The maximum Gasteiger partial charge on any atom is 0.228 e. The summed E-state index contributed by atoms with van der Waals surface area (Å²) in [4.78, 5) is 30.4. The fraction of sp³-hybridized carbons (Fsp3) is 0.391. The van der Waals surface area contributed by atoms with E-state index in [0.29, 0.717) is 13.2 Å². The van der Waals surface area contributed by atoms with Crippen molar-refractivity contribution < 1.29 is 9.53 Å². The number of hydrogen-bond donors (Lipinski definition) is 1. The Morgan fingerprint density at radius 1 is 1.10 bits per heavy atom. The lowest BCUT2D eigenvalue weighted by molar-refractivity contribution is -0.135. The zero-order valence-electron chi connectivity index (χ0n) is 17.6. The van der Waals surface area contributed by atoms with E-state index < -0.39 is 0 Å². The quantitative estimate of drug-likeness (QED) is 0.697. The Morgan fingerprint density at radius 3 is 2.58 bits per heavy atom. The number of nitrogens with zero attached hydrogens (tertiary/aromatic N) is 5. The van der Waals surface area contributed by atoms with Crippen LogP contribution in [-0.4, -0.2) is 72.2 Å². The molecular weight excluding hydrogens is 392 g/mol. The van der Waals surface area contributed by atoms with Gasteiger partial charge >= 0.3 is 0 Å². The largest absolute Gasteiger partial charge is 0.381 e. The van der Waals surface area contributed by atoms with Crippen LogP contribution in [0, 0.1) is 5.92 Å². The van der Waals surface area contributed by atoms with Gasteiger partial charge in [0, 0.05) is 63.5 Å². The lowest BCUT2D eigenvalue weighted by atomic mass is 10.1. The average Bonchev–Trinajstić information content (AvgIpc) is 3.38. The normalized spacial score (nSPS) is 19.1. The molecule has 1 atom stereocenters. The second-order valence-corrected chi connectivity index (χ2v) is 7.95. The SMILES string of the molecule is CNc1nc(-c2ccc(N3CCN(C(=O)[C@@H]4CCOC4)CC3)cc2)cc2nccnc12. The third kappa shape index (κ3) is 3.90. The molecule has 0 saturated carbocycles. The van der Waals surface area contributed by atoms with Crippen LogP contribution < -0.4 is 10.2 Å². The van der Waals surface area contributed by atoms with Crippen molar-refractivity contribution in [1.29, 1.82) is 0 Å². The summed E-state index contributed by atoms with van der Waals surface area (Å²) in [5.41, 5.74) is 4.63. The summed E-state index contributed by atoms with van der Waals surface area (Å²) in [5, 5.41) is 3.11. The number of amides is 1. The average molecular weight is 419 g/mol. The van der Waals surface area contributed by atoms with Gasteiger partial charge in [0.2, 0.25) is 5.91 Å². The Kier molecular flexibility index (Phi) is 5.38. The Morgan fingerprint density at radius 2 is 1.87 bits per heavy atom. The second kappa shape index (κ2) is 8.47. The predicted molar refractivity (Wildman–Crippen MR) is 120 cm³/mol. The van der Waals surface area contributed by atoms with Gasteiger partial charge in [0.15, 0.2) is 5.82 Å². The standard InChI is InChI=1S/C23H26N6O2/c1-24-22-21-20(25-7-8-26-21)14-19(27-22)16-2-4-18(5-3-16)28-9-11-29(12-10-28)23(30)17-6-13-31-15-17/h2-5,7-8,14,17H,6,9-13,15H2,1H3,(H,24,27)/t17-/m1/s1. The number of pyridine rings is 1. The van der Waals surface area contributed by atoms with Gasteiger partial charge in [-0.3, -0.25) is 9.78 Å². The number of nitrogens with one attached hydrogen (secondary N) is 1. The second-order valence-electron chi connectivity index (χ2n) is 7.95. The smallest absolute Gasteiger partial charge is 0.228 e. The first-order valence-electron chi connectivity index (χ1n) is 10.7. The molecule has 2 aliphatic rings. The zero-order valence-corrected chi connectivity index (χ0v) is 17.6. The van der Waals surface area contributed by atoms with Crippen LogP contribution in [0.2, 0.25) is 0 Å². The van der Waals surface area contributed by atoms with Gasteiger partial charge in [-0.05, 0) is 24.6 Å². The molecule has 4 heterocycles. The number of carbonyl (C=O) groups excluding carboxylic acids is 1. The van der Waals surface area contributed by atoms with Crippen LogP contribution in [0.3, 0.4) is 0 Å². The molecule has 8 nitrogen and oxygen atoms in total. The number of carbonyl (C=O) groups is 1. The molecule has 0 bridgehead atoms. The monoisotopic (exact) mass is 418 g/mol. The van der Waals surface area contributed by atoms with E-state index >= 15 is 0 Å². The van der Waals surface area contributed by atoms with E-state index in [0.717, 1.165) is 66.4 Å². The lowest BCUT2D eigenvalue weighted by Gasteiger charge is -2.37. The highest BCUT2D eigenvalue weighted by Gasteiger charge is 2.30. The third-order valence-corrected chi connectivity index (χ3v) is 6.09. The minimum atomic E-state index is 0.0486. The number of rotatable bonds is 4. The van der Waals surface area contributed by atoms with Crippen molar-refractivity contribution in [2.24, 2.45) is 5.92 Å². The molecule has 0 unspecified atom stereocenters. The molecule has 1 amide bonds. The van der Waals surface area contributed by atoms with E-state index in [9.17, 15) is 4.79 Å². The predicted octanol–water partition coefficient (Wildman–Crippen LogP) is 2.42. The third-order valence-electron chi connectivity index (χ3n) is 6.09. The number of piperazine rings is 1. The van der Waals surface area contributed by atoms with Crippen LogP contribution in [0.25, 0.3) is 22.3 Å². The first-order chi connectivity index (χ1) is 15.2. The van der Waals surface area contributed by atoms with Gasteiger partial charge in [-0.25, -0.2) is 9.97 Å². The number of ether oxygens (including phenoxy) is 1. The number of anilines is 2. The summed E-state index contributed by atoms with van der Waals surface area (Å²) in [5.74, 6) is 1.02. The summed E-state index contributed by atoms with van der Waals surface area (Å²) in [6.45, 7) is 4.47. The van der Waals surface area contributed by atoms with Crippen LogP contribution in [-0.2, 0) is 9.53 Å². The van der Waals surface area contributed by atoms with Gasteiger partial charge in [0.05, 0.1) is 23.7 Å². The molecule has 1 N–H and O–H groups in total. The fourth-order valence-electron chi connectivity index (χ4n) is 4.31. The Bertz CT molecular complexity index is 1070. The molecule has 2 aromatic heterocycles. The maximum absolute atomic E-state index is 12.6. The van der Waals surface area contributed by atoms with E-state index in [1.807, 2.05) is 18.0 Å². The van der Waals surface area contributed by atoms with Gasteiger partial charge < -0.3 is 19.9 Å². The lowest BCUT2D eigenvalue weighted by Crippen LogP contribution is -2.50. The van der Waals surface area contributed by atoms with Crippen molar-refractivity contribution in [1.82, 2.24) is 19.9 Å². The Labute approximate surface area is 181 Å². The highest BCUT2D eigenvalue weighted by Crippen LogP contribution is 2.27.